The number of amides is 3. The highest BCUT2D eigenvalue weighted by atomic mass is 16.3. The number of hydrogen-bond donors (Lipinski definition) is 1. The molecule has 1 atom stereocenters. The molecule has 1 saturated heterocycles. The molecule has 0 radical (unpaired) electrons. The summed E-state index contributed by atoms with van der Waals surface area (Å²) in [5, 5.41) is 7.25. The maximum absolute atomic E-state index is 11.9. The van der Waals surface area contributed by atoms with Gasteiger partial charge in [-0.05, 0) is 25.5 Å². The van der Waals surface area contributed by atoms with Crippen LogP contribution in [0.1, 0.15) is 26.0 Å². The van der Waals surface area contributed by atoms with Crippen LogP contribution in [0.25, 0.3) is 0 Å². The summed E-state index contributed by atoms with van der Waals surface area (Å²) in [6, 6.07) is 2.87. The first-order chi connectivity index (χ1) is 8.07. The lowest BCUT2D eigenvalue weighted by Crippen LogP contribution is -2.42. The molecule has 0 aromatic carbocycles. The first kappa shape index (κ1) is 11.4. The number of imide groups is 1. The van der Waals surface area contributed by atoms with E-state index in [4.69, 9.17) is 4.42 Å². The number of hydrogen-bond acceptors (Lipinski definition) is 4. The number of rotatable bonds is 3. The Labute approximate surface area is 98.3 Å². The molecule has 0 spiro atoms. The van der Waals surface area contributed by atoms with E-state index < -0.39 is 11.6 Å². The highest BCUT2D eigenvalue weighted by Gasteiger charge is 2.46. The second-order valence-corrected chi connectivity index (χ2v) is 3.99. The molecule has 1 aromatic heterocycles. The number of urea groups is 1. The van der Waals surface area contributed by atoms with Gasteiger partial charge >= 0.3 is 6.03 Å². The van der Waals surface area contributed by atoms with Crippen LogP contribution in [0.2, 0.25) is 0 Å². The van der Waals surface area contributed by atoms with Gasteiger partial charge in [-0.1, -0.05) is 6.92 Å². The molecule has 6 nitrogen and oxygen atoms in total. The van der Waals surface area contributed by atoms with Crippen LogP contribution in [0, 0.1) is 0 Å². The lowest BCUT2D eigenvalue weighted by atomic mass is 10.00. The van der Waals surface area contributed by atoms with Gasteiger partial charge in [0.15, 0.2) is 0 Å². The fourth-order valence-electron chi connectivity index (χ4n) is 1.49. The van der Waals surface area contributed by atoms with Gasteiger partial charge in [0.1, 0.15) is 11.3 Å². The molecule has 1 fully saturated rings. The van der Waals surface area contributed by atoms with E-state index in [9.17, 15) is 9.59 Å². The zero-order chi connectivity index (χ0) is 12.5. The Morgan fingerprint density at radius 3 is 2.88 bits per heavy atom. The summed E-state index contributed by atoms with van der Waals surface area (Å²) in [4.78, 5) is 23.5. The SMILES string of the molecule is CC[C@]1(C)NC(=O)N(/N=C\c2ccco2)C1=O. The molecule has 2 rings (SSSR count). The van der Waals surface area contributed by atoms with Crippen molar-refractivity contribution in [2.24, 2.45) is 5.10 Å². The maximum atomic E-state index is 11.9. The third-order valence-electron chi connectivity index (χ3n) is 2.79. The normalized spacial score (nSPS) is 24.7. The Morgan fingerprint density at radius 2 is 2.35 bits per heavy atom. The van der Waals surface area contributed by atoms with Crippen molar-refractivity contribution in [1.29, 1.82) is 0 Å². The van der Waals surface area contributed by atoms with Crippen LogP contribution in [-0.2, 0) is 4.79 Å². The van der Waals surface area contributed by atoms with E-state index in [2.05, 4.69) is 10.4 Å². The van der Waals surface area contributed by atoms with Crippen molar-refractivity contribution in [3.05, 3.63) is 24.2 Å². The van der Waals surface area contributed by atoms with E-state index in [-0.39, 0.29) is 5.91 Å². The summed E-state index contributed by atoms with van der Waals surface area (Å²) in [5.41, 5.74) is -0.864. The van der Waals surface area contributed by atoms with Gasteiger partial charge in [-0.15, -0.1) is 5.01 Å². The summed E-state index contributed by atoms with van der Waals surface area (Å²) in [7, 11) is 0. The first-order valence-corrected chi connectivity index (χ1v) is 5.31. The van der Waals surface area contributed by atoms with Gasteiger partial charge in [0.25, 0.3) is 5.91 Å². The van der Waals surface area contributed by atoms with Crippen LogP contribution in [0.3, 0.4) is 0 Å². The van der Waals surface area contributed by atoms with Gasteiger partial charge in [-0.25, -0.2) is 4.79 Å². The third-order valence-corrected chi connectivity index (χ3v) is 2.79. The van der Waals surface area contributed by atoms with Crippen LogP contribution in [0.15, 0.2) is 27.9 Å². The average Bonchev–Trinajstić information content (AvgIpc) is 2.87. The highest BCUT2D eigenvalue weighted by molar-refractivity contribution is 6.07. The molecular formula is C11H13N3O3. The minimum atomic E-state index is -0.864. The number of nitrogens with one attached hydrogen (secondary N) is 1. The predicted molar refractivity (Wildman–Crippen MR) is 60.4 cm³/mol. The molecule has 1 aromatic rings. The van der Waals surface area contributed by atoms with E-state index in [1.807, 2.05) is 6.92 Å². The number of hydrazone groups is 1. The molecule has 6 heteroatoms. The molecule has 1 aliphatic heterocycles. The van der Waals surface area contributed by atoms with Crippen molar-refractivity contribution >= 4 is 18.2 Å². The number of carbonyl (C=O) groups excluding carboxylic acids is 2. The number of carbonyl (C=O) groups is 2. The fraction of sp³-hybridized carbons (Fsp3) is 0.364. The Bertz CT molecular complexity index is 466. The largest absolute Gasteiger partial charge is 0.463 e. The van der Waals surface area contributed by atoms with Gasteiger partial charge in [0.2, 0.25) is 0 Å². The van der Waals surface area contributed by atoms with Crippen molar-refractivity contribution in [1.82, 2.24) is 10.3 Å². The summed E-state index contributed by atoms with van der Waals surface area (Å²) in [6.07, 6.45) is 3.34. The van der Waals surface area contributed by atoms with Gasteiger partial charge < -0.3 is 9.73 Å². The van der Waals surface area contributed by atoms with Gasteiger partial charge in [-0.2, -0.15) is 5.10 Å². The van der Waals surface area contributed by atoms with Crippen LogP contribution in [0.5, 0.6) is 0 Å². The van der Waals surface area contributed by atoms with Crippen molar-refractivity contribution in [2.45, 2.75) is 25.8 Å². The molecule has 1 N–H and O–H groups in total. The summed E-state index contributed by atoms with van der Waals surface area (Å²) < 4.78 is 5.02. The van der Waals surface area contributed by atoms with E-state index in [1.54, 1.807) is 19.1 Å². The quantitative estimate of drug-likeness (QED) is 0.634. The second kappa shape index (κ2) is 4.04. The van der Waals surface area contributed by atoms with Crippen molar-refractivity contribution in [3.8, 4) is 0 Å². The topological polar surface area (TPSA) is 74.9 Å². The van der Waals surface area contributed by atoms with Crippen molar-refractivity contribution < 1.29 is 14.0 Å². The predicted octanol–water partition coefficient (Wildman–Crippen LogP) is 1.33. The first-order valence-electron chi connectivity index (χ1n) is 5.31. The lowest BCUT2D eigenvalue weighted by Gasteiger charge is -2.17. The van der Waals surface area contributed by atoms with E-state index in [0.717, 1.165) is 5.01 Å². The maximum Gasteiger partial charge on any atom is 0.346 e. The highest BCUT2D eigenvalue weighted by Crippen LogP contribution is 2.20. The fourth-order valence-corrected chi connectivity index (χ4v) is 1.49. The minimum Gasteiger partial charge on any atom is -0.463 e. The monoisotopic (exact) mass is 235 g/mol. The smallest absolute Gasteiger partial charge is 0.346 e. The zero-order valence-corrected chi connectivity index (χ0v) is 9.64. The molecule has 0 unspecified atom stereocenters. The molecule has 0 bridgehead atoms. The van der Waals surface area contributed by atoms with Crippen LogP contribution >= 0.6 is 0 Å². The Kier molecular flexibility index (Phi) is 2.71. The minimum absolute atomic E-state index is 0.354. The summed E-state index contributed by atoms with van der Waals surface area (Å²) in [6.45, 7) is 3.51. The van der Waals surface area contributed by atoms with E-state index in [0.29, 0.717) is 12.2 Å². The van der Waals surface area contributed by atoms with Crippen molar-refractivity contribution in [3.63, 3.8) is 0 Å². The zero-order valence-electron chi connectivity index (χ0n) is 9.64. The van der Waals surface area contributed by atoms with Crippen molar-refractivity contribution in [2.75, 3.05) is 0 Å². The Balaban J connectivity index is 2.17. The van der Waals surface area contributed by atoms with Gasteiger partial charge in [0, 0.05) is 0 Å². The summed E-state index contributed by atoms with van der Waals surface area (Å²) in [5.74, 6) is 0.128. The van der Waals surface area contributed by atoms with E-state index >= 15 is 0 Å². The second-order valence-electron chi connectivity index (χ2n) is 3.99. The third kappa shape index (κ3) is 1.93. The molecule has 90 valence electrons. The van der Waals surface area contributed by atoms with Crippen LogP contribution < -0.4 is 5.32 Å². The Hall–Kier alpha value is -2.11. The molecular weight excluding hydrogens is 222 g/mol. The Morgan fingerprint density at radius 1 is 1.59 bits per heavy atom. The molecule has 2 heterocycles. The number of nitrogens with zero attached hydrogens (tertiary/aromatic N) is 2. The van der Waals surface area contributed by atoms with E-state index in [1.165, 1.54) is 12.5 Å². The lowest BCUT2D eigenvalue weighted by molar-refractivity contribution is -0.130. The molecule has 0 saturated carbocycles. The molecule has 1 aliphatic rings. The van der Waals surface area contributed by atoms with Crippen LogP contribution in [-0.4, -0.2) is 28.7 Å². The molecule has 3 amide bonds. The summed E-state index contributed by atoms with van der Waals surface area (Å²) >= 11 is 0. The van der Waals surface area contributed by atoms with Gasteiger partial charge in [0.05, 0.1) is 12.5 Å². The number of furan rings is 1. The molecule has 0 aliphatic carbocycles. The standard InChI is InChI=1S/C11H13N3O3/c1-3-11(2)9(15)14(10(16)13-11)12-7-8-5-4-6-17-8/h4-7H,3H2,1-2H3,(H,13,16)/b12-7-/t11-/m0/s1. The average molecular weight is 235 g/mol. The molecule has 17 heavy (non-hydrogen) atoms. The van der Waals surface area contributed by atoms with Gasteiger partial charge in [-0.3, -0.25) is 4.79 Å². The van der Waals surface area contributed by atoms with Crippen LogP contribution in [0.4, 0.5) is 4.79 Å².